The zero-order valence-electron chi connectivity index (χ0n) is 21.3. The van der Waals surface area contributed by atoms with Crippen LogP contribution in [0.25, 0.3) is 65.8 Å². The molecular weight excluding hydrogens is 494 g/mol. The Morgan fingerprint density at radius 3 is 0.950 bits per heavy atom. The Balaban J connectivity index is 1.48. The van der Waals surface area contributed by atoms with Crippen LogP contribution in [0.2, 0.25) is 0 Å². The number of anilines is 3. The molecule has 40 heavy (non-hydrogen) atoms. The second kappa shape index (κ2) is 8.01. The molecule has 0 amide bonds. The molecule has 6 aromatic carbocycles. The molecule has 0 radical (unpaired) electrons. The molecule has 4 heteroatoms. The first-order valence-electron chi connectivity index (χ1n) is 13.4. The molecule has 0 saturated heterocycles. The number of hydrogen-bond acceptors (Lipinski definition) is 4. The maximum Gasteiger partial charge on any atom is 0.137 e. The van der Waals surface area contributed by atoms with Crippen LogP contribution < -0.4 is 4.90 Å². The van der Waals surface area contributed by atoms with E-state index in [4.69, 9.17) is 13.3 Å². The van der Waals surface area contributed by atoms with Crippen molar-refractivity contribution in [2.75, 3.05) is 4.90 Å². The molecule has 188 valence electrons. The molecule has 0 saturated carbocycles. The molecule has 9 rings (SSSR count). The SMILES string of the molecule is c1ccc2c(c1)oc1cccc(N(c3cccc4oc5ccccc5c34)c3cccc4oc5ccccc5c34)c12. The van der Waals surface area contributed by atoms with Crippen LogP contribution in [-0.2, 0) is 0 Å². The summed E-state index contributed by atoms with van der Waals surface area (Å²) < 4.78 is 19.0. The second-order valence-electron chi connectivity index (χ2n) is 10.1. The third-order valence-corrected chi connectivity index (χ3v) is 7.86. The van der Waals surface area contributed by atoms with E-state index in [0.717, 1.165) is 82.9 Å². The van der Waals surface area contributed by atoms with E-state index in [9.17, 15) is 0 Å². The van der Waals surface area contributed by atoms with E-state index in [1.165, 1.54) is 0 Å². The fraction of sp³-hybridized carbons (Fsp3) is 0. The van der Waals surface area contributed by atoms with Crippen LogP contribution >= 0.6 is 0 Å². The van der Waals surface area contributed by atoms with Gasteiger partial charge in [0.1, 0.15) is 33.5 Å². The average molecular weight is 516 g/mol. The largest absolute Gasteiger partial charge is 0.456 e. The highest BCUT2D eigenvalue weighted by Crippen LogP contribution is 2.49. The molecule has 0 aliphatic rings. The summed E-state index contributed by atoms with van der Waals surface area (Å²) in [5, 5.41) is 6.41. The maximum atomic E-state index is 6.34. The van der Waals surface area contributed by atoms with Gasteiger partial charge >= 0.3 is 0 Å². The van der Waals surface area contributed by atoms with E-state index < -0.39 is 0 Å². The lowest BCUT2D eigenvalue weighted by molar-refractivity contribution is 0.668. The first-order valence-corrected chi connectivity index (χ1v) is 13.4. The zero-order chi connectivity index (χ0) is 26.2. The van der Waals surface area contributed by atoms with Crippen LogP contribution in [0.5, 0.6) is 0 Å². The quantitative estimate of drug-likeness (QED) is 0.235. The highest BCUT2D eigenvalue weighted by Gasteiger charge is 2.25. The number of furan rings is 3. The van der Waals surface area contributed by atoms with Gasteiger partial charge in [0.2, 0.25) is 0 Å². The number of nitrogens with zero attached hydrogens (tertiary/aromatic N) is 1. The highest BCUT2D eigenvalue weighted by molar-refractivity contribution is 6.21. The van der Waals surface area contributed by atoms with Gasteiger partial charge in [-0.1, -0.05) is 72.8 Å². The van der Waals surface area contributed by atoms with Crippen LogP contribution in [0.1, 0.15) is 0 Å². The Hall–Kier alpha value is -5.48. The van der Waals surface area contributed by atoms with Crippen molar-refractivity contribution < 1.29 is 13.3 Å². The van der Waals surface area contributed by atoms with E-state index >= 15 is 0 Å². The van der Waals surface area contributed by atoms with Crippen LogP contribution in [-0.4, -0.2) is 0 Å². The summed E-state index contributed by atoms with van der Waals surface area (Å²) in [6.07, 6.45) is 0. The predicted octanol–water partition coefficient (Wildman–Crippen LogP) is 10.9. The summed E-state index contributed by atoms with van der Waals surface area (Å²) in [7, 11) is 0. The fourth-order valence-corrected chi connectivity index (χ4v) is 6.22. The van der Waals surface area contributed by atoms with E-state index in [0.29, 0.717) is 0 Å². The summed E-state index contributed by atoms with van der Waals surface area (Å²) in [6, 6.07) is 43.5. The minimum Gasteiger partial charge on any atom is -0.456 e. The molecule has 0 bridgehead atoms. The van der Waals surface area contributed by atoms with Crippen molar-refractivity contribution in [3.8, 4) is 0 Å². The minimum absolute atomic E-state index is 0.845. The monoisotopic (exact) mass is 515 g/mol. The summed E-state index contributed by atoms with van der Waals surface area (Å²) in [5.74, 6) is 0. The number of rotatable bonds is 3. The van der Waals surface area contributed by atoms with Crippen molar-refractivity contribution in [2.45, 2.75) is 0 Å². The van der Waals surface area contributed by atoms with Gasteiger partial charge in [-0.2, -0.15) is 0 Å². The molecule has 0 unspecified atom stereocenters. The van der Waals surface area contributed by atoms with Gasteiger partial charge in [0.25, 0.3) is 0 Å². The third-order valence-electron chi connectivity index (χ3n) is 7.86. The van der Waals surface area contributed by atoms with Gasteiger partial charge in [0.05, 0.1) is 33.2 Å². The van der Waals surface area contributed by atoms with Crippen molar-refractivity contribution in [3.63, 3.8) is 0 Å². The van der Waals surface area contributed by atoms with Gasteiger partial charge in [0, 0.05) is 16.2 Å². The molecule has 9 aromatic rings. The Labute approximate surface area is 228 Å². The molecule has 0 atom stereocenters. The zero-order valence-corrected chi connectivity index (χ0v) is 21.3. The lowest BCUT2D eigenvalue weighted by atomic mass is 10.0. The number of benzene rings is 6. The Morgan fingerprint density at radius 1 is 0.300 bits per heavy atom. The van der Waals surface area contributed by atoms with Gasteiger partial charge in [0.15, 0.2) is 0 Å². The second-order valence-corrected chi connectivity index (χ2v) is 10.1. The Kier molecular flexibility index (Phi) is 4.30. The van der Waals surface area contributed by atoms with E-state index in [1.54, 1.807) is 0 Å². The number of fused-ring (bicyclic) bond motifs is 9. The van der Waals surface area contributed by atoms with Gasteiger partial charge in [-0.15, -0.1) is 0 Å². The molecular formula is C36H21NO3. The van der Waals surface area contributed by atoms with E-state index in [1.807, 2.05) is 54.6 Å². The Bertz CT molecular complexity index is 2130. The molecule has 0 spiro atoms. The molecule has 0 aliphatic carbocycles. The van der Waals surface area contributed by atoms with Crippen molar-refractivity contribution in [3.05, 3.63) is 127 Å². The van der Waals surface area contributed by atoms with Crippen LogP contribution in [0.3, 0.4) is 0 Å². The highest BCUT2D eigenvalue weighted by atomic mass is 16.3. The van der Waals surface area contributed by atoms with Crippen LogP contribution in [0.15, 0.2) is 141 Å². The molecule has 3 aromatic heterocycles. The lowest BCUT2D eigenvalue weighted by Gasteiger charge is -2.27. The standard InChI is InChI=1S/C36H21NO3/c1-4-16-28-22(10-1)34-25(13-7-19-31(34)38-28)37(26-14-8-20-32-35(26)23-11-2-5-17-29(23)39-32)27-15-9-21-33-36(27)24-12-3-6-18-30(24)40-33/h1-21H. The normalized spacial score (nSPS) is 12.0. The van der Waals surface area contributed by atoms with E-state index in [-0.39, 0.29) is 0 Å². The summed E-state index contributed by atoms with van der Waals surface area (Å²) in [4.78, 5) is 2.35. The summed E-state index contributed by atoms with van der Waals surface area (Å²) >= 11 is 0. The number of para-hydroxylation sites is 3. The minimum atomic E-state index is 0.845. The first kappa shape index (κ1) is 21.5. The molecule has 0 N–H and O–H groups in total. The van der Waals surface area contributed by atoms with Gasteiger partial charge in [-0.05, 0) is 54.6 Å². The molecule has 4 nitrogen and oxygen atoms in total. The van der Waals surface area contributed by atoms with Gasteiger partial charge < -0.3 is 18.2 Å². The van der Waals surface area contributed by atoms with Crippen LogP contribution in [0.4, 0.5) is 17.1 Å². The van der Waals surface area contributed by atoms with E-state index in [2.05, 4.69) is 77.7 Å². The van der Waals surface area contributed by atoms with Crippen molar-refractivity contribution in [2.24, 2.45) is 0 Å². The lowest BCUT2D eigenvalue weighted by Crippen LogP contribution is -2.11. The molecule has 0 fully saturated rings. The summed E-state index contributed by atoms with van der Waals surface area (Å²) in [5.41, 5.74) is 8.21. The third kappa shape index (κ3) is 2.90. The smallest absolute Gasteiger partial charge is 0.137 e. The van der Waals surface area contributed by atoms with Gasteiger partial charge in [-0.3, -0.25) is 0 Å². The molecule has 3 heterocycles. The van der Waals surface area contributed by atoms with Crippen molar-refractivity contribution in [1.29, 1.82) is 0 Å². The number of hydrogen-bond donors (Lipinski definition) is 0. The molecule has 0 aliphatic heterocycles. The fourth-order valence-electron chi connectivity index (χ4n) is 6.22. The topological polar surface area (TPSA) is 42.7 Å². The van der Waals surface area contributed by atoms with Crippen molar-refractivity contribution >= 4 is 82.9 Å². The summed E-state index contributed by atoms with van der Waals surface area (Å²) in [6.45, 7) is 0. The average Bonchev–Trinajstić information content (AvgIpc) is 3.69. The Morgan fingerprint density at radius 2 is 0.600 bits per heavy atom. The first-order chi connectivity index (χ1) is 19.8. The van der Waals surface area contributed by atoms with Gasteiger partial charge in [-0.25, -0.2) is 0 Å². The van der Waals surface area contributed by atoms with Crippen LogP contribution in [0, 0.1) is 0 Å². The maximum absolute atomic E-state index is 6.34. The van der Waals surface area contributed by atoms with Crippen molar-refractivity contribution in [1.82, 2.24) is 0 Å². The predicted molar refractivity (Wildman–Crippen MR) is 163 cm³/mol.